The molecule has 0 amide bonds. The van der Waals surface area contributed by atoms with Gasteiger partial charge in [-0.1, -0.05) is 53.9 Å². The van der Waals surface area contributed by atoms with Gasteiger partial charge in [-0.15, -0.1) is 0 Å². The van der Waals surface area contributed by atoms with Gasteiger partial charge in [-0.3, -0.25) is 12.5 Å². The molecule has 0 bridgehead atoms. The van der Waals surface area contributed by atoms with Gasteiger partial charge in [-0.05, 0) is 97.2 Å². The standard InChI is InChI=1S/C27H48O12S3.3Na/c1-16(2)7-6-8-17(3)19-9-10-20-18-13-23(37-40(28,29)30)22-14-24(38-41(31,32)33)25(39-42(34,35)36)15-27(22,5)21(18)11-12-26(19,20)4;;;/h16-25H,6-15H2,1-5H3,(H,28,29,30)(H,31,32,33)(H,34,35,36);;;/q;3*+1/p-3/t17-,18+,19-,20+,21+,22-,23-,24+,25+,26-,27-;;;/m1.../s1. The summed E-state index contributed by atoms with van der Waals surface area (Å²) in [7, 11) is -15.8. The number of hydrogen-bond donors (Lipinski definition) is 0. The quantitative estimate of drug-likeness (QED) is 0.112. The van der Waals surface area contributed by atoms with E-state index in [2.05, 4.69) is 31.9 Å². The van der Waals surface area contributed by atoms with Crippen LogP contribution in [0.5, 0.6) is 0 Å². The Hall–Kier alpha value is 2.61. The fourth-order valence-electron chi connectivity index (χ4n) is 10.0. The van der Waals surface area contributed by atoms with Crippen LogP contribution in [0.1, 0.15) is 98.8 Å². The Kier molecular flexibility index (Phi) is 17.2. The predicted molar refractivity (Wildman–Crippen MR) is 148 cm³/mol. The average Bonchev–Trinajstić information content (AvgIpc) is 3.14. The molecule has 0 unspecified atom stereocenters. The van der Waals surface area contributed by atoms with E-state index >= 15 is 0 Å². The van der Waals surface area contributed by atoms with Crippen LogP contribution in [0.3, 0.4) is 0 Å². The maximum Gasteiger partial charge on any atom is 1.00 e. The fraction of sp³-hybridized carbons (Fsp3) is 1.00. The smallest absolute Gasteiger partial charge is 0.726 e. The summed E-state index contributed by atoms with van der Waals surface area (Å²) in [5, 5.41) is 0. The van der Waals surface area contributed by atoms with Crippen LogP contribution >= 0.6 is 0 Å². The van der Waals surface area contributed by atoms with Crippen LogP contribution in [-0.4, -0.2) is 57.2 Å². The third-order valence-corrected chi connectivity index (χ3v) is 13.0. The molecule has 4 aliphatic rings. The minimum Gasteiger partial charge on any atom is -0.726 e. The number of hydrogen-bond acceptors (Lipinski definition) is 12. The minimum atomic E-state index is -5.34. The molecule has 0 radical (unpaired) electrons. The SMILES string of the molecule is CC(C)CCC[C@@H](C)[C@H]1CC[C@H]2[C@@H]3C[C@@H](OS(=O)(=O)[O-])[C@H]4C[C@H](OS(=O)(=O)[O-])[C@@H](OS(=O)(=O)[O-])C[C@]4(C)[C@H]3CC[C@]12C.[Na+].[Na+].[Na+]. The van der Waals surface area contributed by atoms with Crippen molar-refractivity contribution in [3.63, 3.8) is 0 Å². The molecule has 4 saturated carbocycles. The van der Waals surface area contributed by atoms with Crippen LogP contribution in [0.15, 0.2) is 0 Å². The Balaban J connectivity index is 0.00000337. The Morgan fingerprint density at radius 3 is 1.71 bits per heavy atom. The monoisotopic (exact) mass is 726 g/mol. The molecular weight excluding hydrogens is 681 g/mol. The summed E-state index contributed by atoms with van der Waals surface area (Å²) < 4.78 is 119. The van der Waals surface area contributed by atoms with Gasteiger partial charge >= 0.3 is 88.7 Å². The molecule has 0 saturated heterocycles. The summed E-state index contributed by atoms with van der Waals surface area (Å²) in [5.74, 6) is 0.980. The number of fused-ring (bicyclic) bond motifs is 5. The van der Waals surface area contributed by atoms with Crippen molar-refractivity contribution in [2.24, 2.45) is 52.3 Å². The summed E-state index contributed by atoms with van der Waals surface area (Å²) in [4.78, 5) is 0. The average molecular weight is 727 g/mol. The van der Waals surface area contributed by atoms with Crippen LogP contribution in [0.25, 0.3) is 0 Å². The molecule has 4 fully saturated rings. The van der Waals surface area contributed by atoms with Gasteiger partial charge in [0, 0.05) is 0 Å². The molecule has 0 aromatic rings. The normalized spacial score (nSPS) is 38.9. The van der Waals surface area contributed by atoms with E-state index in [1.54, 1.807) is 0 Å². The topological polar surface area (TPSA) is 199 Å². The number of rotatable bonds is 11. The van der Waals surface area contributed by atoms with Crippen molar-refractivity contribution < 1.29 is 140 Å². The van der Waals surface area contributed by atoms with Gasteiger partial charge in [0.2, 0.25) is 31.2 Å². The third kappa shape index (κ3) is 11.1. The van der Waals surface area contributed by atoms with Crippen LogP contribution in [-0.2, 0) is 43.7 Å². The molecule has 0 aromatic carbocycles. The molecule has 11 atom stereocenters. The summed E-state index contributed by atoms with van der Waals surface area (Å²) in [5.41, 5.74) is -0.893. The molecule has 4 aliphatic carbocycles. The van der Waals surface area contributed by atoms with Crippen molar-refractivity contribution >= 4 is 31.2 Å². The van der Waals surface area contributed by atoms with Crippen molar-refractivity contribution in [2.45, 2.75) is 117 Å². The van der Waals surface area contributed by atoms with Crippen molar-refractivity contribution in [3.05, 3.63) is 0 Å². The van der Waals surface area contributed by atoms with Crippen LogP contribution in [0.2, 0.25) is 0 Å². The molecule has 45 heavy (non-hydrogen) atoms. The van der Waals surface area contributed by atoms with Gasteiger partial charge in [-0.2, -0.15) is 0 Å². The van der Waals surface area contributed by atoms with Gasteiger partial charge < -0.3 is 13.7 Å². The van der Waals surface area contributed by atoms with Crippen LogP contribution in [0, 0.1) is 52.3 Å². The second-order valence-electron chi connectivity index (χ2n) is 14.3. The van der Waals surface area contributed by atoms with Crippen molar-refractivity contribution in [1.82, 2.24) is 0 Å². The van der Waals surface area contributed by atoms with E-state index in [9.17, 15) is 38.9 Å². The van der Waals surface area contributed by atoms with E-state index in [0.29, 0.717) is 17.8 Å². The predicted octanol–water partition coefficient (Wildman–Crippen LogP) is -5.12. The third-order valence-electron chi connectivity index (χ3n) is 11.6. The molecule has 0 heterocycles. The second kappa shape index (κ2) is 17.0. The zero-order valence-electron chi connectivity index (χ0n) is 28.0. The van der Waals surface area contributed by atoms with E-state index in [0.717, 1.165) is 38.5 Å². The molecule has 0 aliphatic heterocycles. The molecule has 246 valence electrons. The minimum absolute atomic E-state index is 0. The molecule has 0 spiro atoms. The summed E-state index contributed by atoms with van der Waals surface area (Å²) in [6, 6.07) is 0. The fourth-order valence-corrected chi connectivity index (χ4v) is 11.6. The molecule has 12 nitrogen and oxygen atoms in total. The molecule has 4 rings (SSSR count). The van der Waals surface area contributed by atoms with Gasteiger partial charge in [0.25, 0.3) is 0 Å². The van der Waals surface area contributed by atoms with Crippen molar-refractivity contribution in [1.29, 1.82) is 0 Å². The largest absolute Gasteiger partial charge is 1.00 e. The molecule has 0 N–H and O–H groups in total. The Morgan fingerprint density at radius 2 is 1.18 bits per heavy atom. The van der Waals surface area contributed by atoms with Gasteiger partial charge in [0.15, 0.2) is 0 Å². The van der Waals surface area contributed by atoms with Crippen LogP contribution < -0.4 is 88.7 Å². The van der Waals surface area contributed by atoms with Crippen LogP contribution in [0.4, 0.5) is 0 Å². The first-order valence-electron chi connectivity index (χ1n) is 15.1. The Labute approximate surface area is 336 Å². The van der Waals surface area contributed by atoms with E-state index < -0.39 is 60.8 Å². The first-order valence-corrected chi connectivity index (χ1v) is 19.1. The van der Waals surface area contributed by atoms with Gasteiger partial charge in [-0.25, -0.2) is 25.3 Å². The Bertz CT molecular complexity index is 1310. The van der Waals surface area contributed by atoms with Gasteiger partial charge in [0.05, 0.1) is 6.10 Å². The van der Waals surface area contributed by atoms with E-state index in [1.165, 1.54) is 6.42 Å². The second-order valence-corrected chi connectivity index (χ2v) is 17.4. The van der Waals surface area contributed by atoms with E-state index in [-0.39, 0.29) is 131 Å². The Morgan fingerprint density at radius 1 is 0.667 bits per heavy atom. The zero-order chi connectivity index (χ0) is 31.5. The summed E-state index contributed by atoms with van der Waals surface area (Å²) in [6.45, 7) is 10.9. The maximum atomic E-state index is 11.9. The molecule has 0 aromatic heterocycles. The van der Waals surface area contributed by atoms with E-state index in [4.69, 9.17) is 8.37 Å². The summed E-state index contributed by atoms with van der Waals surface area (Å²) in [6.07, 6.45) is 2.45. The first kappa shape index (κ1) is 45.6. The first-order chi connectivity index (χ1) is 19.1. The molecular formula is C27H45Na3O12S3. The van der Waals surface area contributed by atoms with Crippen molar-refractivity contribution in [2.75, 3.05) is 0 Å². The van der Waals surface area contributed by atoms with Crippen molar-refractivity contribution in [3.8, 4) is 0 Å². The van der Waals surface area contributed by atoms with E-state index in [1.807, 2.05) is 6.92 Å². The summed E-state index contributed by atoms with van der Waals surface area (Å²) >= 11 is 0. The van der Waals surface area contributed by atoms with Gasteiger partial charge in [0.1, 0.15) is 12.2 Å². The zero-order valence-corrected chi connectivity index (χ0v) is 36.4. The maximum absolute atomic E-state index is 11.9. The molecule has 18 heteroatoms.